The first-order valence-electron chi connectivity index (χ1n) is 12.7. The van der Waals surface area contributed by atoms with Gasteiger partial charge in [-0.25, -0.2) is 9.48 Å². The first-order chi connectivity index (χ1) is 17.6. The second kappa shape index (κ2) is 9.22. The number of methoxy groups -OCH3 is 1. The van der Waals surface area contributed by atoms with Gasteiger partial charge in [-0.05, 0) is 61.7 Å². The van der Waals surface area contributed by atoms with Crippen LogP contribution >= 0.6 is 0 Å². The van der Waals surface area contributed by atoms with E-state index in [4.69, 9.17) is 9.84 Å². The third-order valence-corrected chi connectivity index (χ3v) is 7.44. The lowest BCUT2D eigenvalue weighted by molar-refractivity contribution is 0.176. The molecule has 1 aliphatic heterocycles. The van der Waals surface area contributed by atoms with Crippen LogP contribution in [-0.2, 0) is 6.54 Å². The molecule has 1 N–H and O–H groups in total. The van der Waals surface area contributed by atoms with Gasteiger partial charge in [0.05, 0.1) is 36.8 Å². The summed E-state index contributed by atoms with van der Waals surface area (Å²) < 4.78 is 9.74. The molecule has 3 heterocycles. The molecule has 7 heteroatoms. The second-order valence-electron chi connectivity index (χ2n) is 9.68. The summed E-state index contributed by atoms with van der Waals surface area (Å²) in [6.45, 7) is 2.48. The van der Waals surface area contributed by atoms with Crippen LogP contribution in [0, 0.1) is 6.92 Å². The van der Waals surface area contributed by atoms with Crippen molar-refractivity contribution in [2.75, 3.05) is 7.11 Å². The summed E-state index contributed by atoms with van der Waals surface area (Å²) in [4.78, 5) is 15.9. The van der Waals surface area contributed by atoms with E-state index >= 15 is 0 Å². The van der Waals surface area contributed by atoms with Crippen LogP contribution in [0.3, 0.4) is 0 Å². The van der Waals surface area contributed by atoms with Crippen molar-refractivity contribution in [3.63, 3.8) is 0 Å². The molecule has 2 aromatic heterocycles. The summed E-state index contributed by atoms with van der Waals surface area (Å²) >= 11 is 0. The number of nitrogens with one attached hydrogen (secondary N) is 1. The Balaban J connectivity index is 1.53. The molecule has 2 amide bonds. The number of benzene rings is 2. The topological polar surface area (TPSA) is 64.3 Å². The number of carbonyl (C=O) groups is 1. The number of urea groups is 1. The standard InChI is InChI=1S/C29H31N5O2/c1-20-25-19-33(29(35)30-22-11-6-7-12-22)27(21-10-8-15-24(18-21)36-2)26-16-9-17-32(26)28(25)34(31-20)23-13-4-3-5-14-23/h3-5,8-10,13-18,22,27H,6-7,11-12,19H2,1-2H3,(H,30,35)/t27-/m0/s1. The number of hydrogen-bond donors (Lipinski definition) is 1. The molecular formula is C29H31N5O2. The van der Waals surface area contributed by atoms with Crippen molar-refractivity contribution >= 4 is 6.03 Å². The zero-order valence-corrected chi connectivity index (χ0v) is 20.7. The average Bonchev–Trinajstić information content (AvgIpc) is 3.64. The van der Waals surface area contributed by atoms with E-state index in [1.165, 1.54) is 12.8 Å². The molecule has 0 unspecified atom stereocenters. The molecule has 7 nitrogen and oxygen atoms in total. The zero-order chi connectivity index (χ0) is 24.6. The number of aromatic nitrogens is 3. The van der Waals surface area contributed by atoms with E-state index in [2.05, 4.69) is 40.3 Å². The summed E-state index contributed by atoms with van der Waals surface area (Å²) in [5.41, 5.74) is 4.98. The van der Waals surface area contributed by atoms with Crippen LogP contribution in [0.5, 0.6) is 5.75 Å². The molecule has 0 radical (unpaired) electrons. The van der Waals surface area contributed by atoms with Crippen LogP contribution < -0.4 is 10.1 Å². The first-order valence-corrected chi connectivity index (χ1v) is 12.7. The summed E-state index contributed by atoms with van der Waals surface area (Å²) in [5.74, 6) is 1.75. The summed E-state index contributed by atoms with van der Waals surface area (Å²) in [6.07, 6.45) is 6.48. The molecule has 0 saturated heterocycles. The van der Waals surface area contributed by atoms with Crippen molar-refractivity contribution in [2.24, 2.45) is 0 Å². The van der Waals surface area contributed by atoms with Gasteiger partial charge in [-0.2, -0.15) is 5.10 Å². The van der Waals surface area contributed by atoms with Gasteiger partial charge in [0.1, 0.15) is 11.6 Å². The highest BCUT2D eigenvalue weighted by Gasteiger charge is 2.36. The number of hydrogen-bond acceptors (Lipinski definition) is 3. The van der Waals surface area contributed by atoms with Gasteiger partial charge in [-0.15, -0.1) is 0 Å². The van der Waals surface area contributed by atoms with Gasteiger partial charge in [-0.3, -0.25) is 0 Å². The minimum absolute atomic E-state index is 0.0396. The number of ether oxygens (including phenoxy) is 1. The predicted octanol–water partition coefficient (Wildman–Crippen LogP) is 5.54. The van der Waals surface area contributed by atoms with Crippen molar-refractivity contribution in [2.45, 2.75) is 51.2 Å². The minimum atomic E-state index is -0.285. The number of rotatable bonds is 4. The summed E-state index contributed by atoms with van der Waals surface area (Å²) in [5, 5.41) is 8.26. The van der Waals surface area contributed by atoms with Crippen LogP contribution in [0.1, 0.15) is 54.2 Å². The minimum Gasteiger partial charge on any atom is -0.497 e. The lowest BCUT2D eigenvalue weighted by atomic mass is 10.0. The summed E-state index contributed by atoms with van der Waals surface area (Å²) in [7, 11) is 1.67. The van der Waals surface area contributed by atoms with Crippen LogP contribution in [-0.4, -0.2) is 38.4 Å². The molecule has 4 aromatic rings. The second-order valence-corrected chi connectivity index (χ2v) is 9.68. The van der Waals surface area contributed by atoms with E-state index in [-0.39, 0.29) is 18.1 Å². The van der Waals surface area contributed by atoms with Gasteiger partial charge < -0.3 is 19.5 Å². The molecule has 6 rings (SSSR count). The third-order valence-electron chi connectivity index (χ3n) is 7.44. The van der Waals surface area contributed by atoms with E-state index in [0.717, 1.165) is 52.6 Å². The Morgan fingerprint density at radius 2 is 1.83 bits per heavy atom. The SMILES string of the molecule is COc1cccc([C@H]2c3cccn3-c3c(c(C)nn3-c3ccccc3)CN2C(=O)NC2CCCC2)c1. The third kappa shape index (κ3) is 3.85. The van der Waals surface area contributed by atoms with E-state index < -0.39 is 0 Å². The Kier molecular flexibility index (Phi) is 5.76. The normalized spacial score (nSPS) is 17.4. The van der Waals surface area contributed by atoms with Crippen molar-refractivity contribution in [3.8, 4) is 17.3 Å². The van der Waals surface area contributed by atoms with E-state index in [0.29, 0.717) is 6.54 Å². The van der Waals surface area contributed by atoms with E-state index in [1.54, 1.807) is 7.11 Å². The number of fused-ring (bicyclic) bond motifs is 3. The predicted molar refractivity (Wildman–Crippen MR) is 139 cm³/mol. The number of amides is 2. The van der Waals surface area contributed by atoms with Crippen LogP contribution in [0.2, 0.25) is 0 Å². The molecule has 36 heavy (non-hydrogen) atoms. The molecule has 1 atom stereocenters. The highest BCUT2D eigenvalue weighted by Crippen LogP contribution is 2.39. The molecule has 184 valence electrons. The van der Waals surface area contributed by atoms with Gasteiger partial charge in [0.25, 0.3) is 0 Å². The lowest BCUT2D eigenvalue weighted by Crippen LogP contribution is -2.45. The smallest absolute Gasteiger partial charge is 0.318 e. The number of aryl methyl sites for hydroxylation is 1. The fourth-order valence-corrected chi connectivity index (χ4v) is 5.64. The average molecular weight is 482 g/mol. The van der Waals surface area contributed by atoms with Gasteiger partial charge in [-0.1, -0.05) is 43.2 Å². The summed E-state index contributed by atoms with van der Waals surface area (Å²) in [6, 6.07) is 22.3. The maximum atomic E-state index is 13.9. The highest BCUT2D eigenvalue weighted by atomic mass is 16.5. The van der Waals surface area contributed by atoms with Crippen molar-refractivity contribution in [1.29, 1.82) is 0 Å². The number of carbonyl (C=O) groups excluding carboxylic acids is 1. The lowest BCUT2D eigenvalue weighted by Gasteiger charge is -2.32. The Bertz CT molecular complexity index is 1380. The maximum absolute atomic E-state index is 13.9. The molecule has 1 saturated carbocycles. The van der Waals surface area contributed by atoms with Crippen molar-refractivity contribution < 1.29 is 9.53 Å². The van der Waals surface area contributed by atoms with Gasteiger partial charge >= 0.3 is 6.03 Å². The molecular weight excluding hydrogens is 450 g/mol. The fraction of sp³-hybridized carbons (Fsp3) is 0.310. The molecule has 2 aromatic carbocycles. The molecule has 2 aliphatic rings. The number of para-hydroxylation sites is 1. The molecule has 1 fully saturated rings. The highest BCUT2D eigenvalue weighted by molar-refractivity contribution is 5.76. The quantitative estimate of drug-likeness (QED) is 0.416. The zero-order valence-electron chi connectivity index (χ0n) is 20.7. The molecule has 0 spiro atoms. The van der Waals surface area contributed by atoms with Crippen molar-refractivity contribution in [1.82, 2.24) is 24.6 Å². The first kappa shape index (κ1) is 22.5. The monoisotopic (exact) mass is 481 g/mol. The maximum Gasteiger partial charge on any atom is 0.318 e. The van der Waals surface area contributed by atoms with Gasteiger partial charge in [0.15, 0.2) is 0 Å². The Morgan fingerprint density at radius 1 is 1.03 bits per heavy atom. The Hall–Kier alpha value is -4.00. The van der Waals surface area contributed by atoms with Crippen LogP contribution in [0.4, 0.5) is 4.79 Å². The Morgan fingerprint density at radius 3 is 2.61 bits per heavy atom. The fourth-order valence-electron chi connectivity index (χ4n) is 5.64. The Labute approximate surface area is 211 Å². The van der Waals surface area contributed by atoms with Crippen LogP contribution in [0.25, 0.3) is 11.5 Å². The largest absolute Gasteiger partial charge is 0.497 e. The molecule has 1 aliphatic carbocycles. The van der Waals surface area contributed by atoms with Crippen molar-refractivity contribution in [3.05, 3.63) is 95.4 Å². The van der Waals surface area contributed by atoms with E-state index in [1.807, 2.05) is 59.0 Å². The molecule has 0 bridgehead atoms. The van der Waals surface area contributed by atoms with Crippen LogP contribution in [0.15, 0.2) is 72.9 Å². The van der Waals surface area contributed by atoms with Gasteiger partial charge in [0.2, 0.25) is 0 Å². The van der Waals surface area contributed by atoms with Gasteiger partial charge in [0, 0.05) is 17.8 Å². The van der Waals surface area contributed by atoms with E-state index in [9.17, 15) is 4.79 Å². The number of nitrogens with zero attached hydrogens (tertiary/aromatic N) is 4.